The quantitative estimate of drug-likeness (QED) is 0.341. The van der Waals surface area contributed by atoms with Crippen molar-refractivity contribution in [2.75, 3.05) is 6.54 Å². The summed E-state index contributed by atoms with van der Waals surface area (Å²) < 4.78 is 0. The Kier molecular flexibility index (Phi) is 5.13. The van der Waals surface area contributed by atoms with E-state index in [0.29, 0.717) is 12.1 Å². The van der Waals surface area contributed by atoms with Gasteiger partial charge >= 0.3 is 0 Å². The highest BCUT2D eigenvalue weighted by Gasteiger charge is 2.15. The number of oxime groups is 1. The van der Waals surface area contributed by atoms with E-state index in [4.69, 9.17) is 10.9 Å². The number of carbonyl (C=O) groups is 1. The standard InChI is InChI=1S/C15H23N3O2/c1-10(13(16)18-20)9-17-14(19)11-5-7-12(8-6-11)15(2,3)4/h5-8,10,20H,9H2,1-4H3,(H2,16,18)(H,17,19). The summed E-state index contributed by atoms with van der Waals surface area (Å²) in [7, 11) is 0. The lowest BCUT2D eigenvalue weighted by atomic mass is 9.87. The average molecular weight is 277 g/mol. The zero-order valence-corrected chi connectivity index (χ0v) is 12.5. The number of benzene rings is 1. The minimum atomic E-state index is -0.210. The van der Waals surface area contributed by atoms with Gasteiger partial charge in [0.25, 0.3) is 5.91 Å². The molecule has 0 spiro atoms. The van der Waals surface area contributed by atoms with Crippen LogP contribution in [0.2, 0.25) is 0 Å². The molecule has 20 heavy (non-hydrogen) atoms. The minimum Gasteiger partial charge on any atom is -0.409 e. The Hall–Kier alpha value is -2.04. The number of hydrogen-bond donors (Lipinski definition) is 3. The highest BCUT2D eigenvalue weighted by molar-refractivity contribution is 5.94. The molecule has 1 aromatic rings. The Morgan fingerprint density at radius 3 is 2.35 bits per heavy atom. The van der Waals surface area contributed by atoms with Crippen molar-refractivity contribution in [1.29, 1.82) is 0 Å². The average Bonchev–Trinajstić information content (AvgIpc) is 2.42. The van der Waals surface area contributed by atoms with Gasteiger partial charge in [0.1, 0.15) is 5.84 Å². The van der Waals surface area contributed by atoms with E-state index in [0.717, 1.165) is 0 Å². The predicted octanol–water partition coefficient (Wildman–Crippen LogP) is 2.10. The van der Waals surface area contributed by atoms with Crippen molar-refractivity contribution >= 4 is 11.7 Å². The van der Waals surface area contributed by atoms with E-state index in [1.807, 2.05) is 24.3 Å². The molecule has 0 aliphatic heterocycles. The van der Waals surface area contributed by atoms with Crippen molar-refractivity contribution in [2.24, 2.45) is 16.8 Å². The molecule has 1 amide bonds. The van der Waals surface area contributed by atoms with Crippen LogP contribution in [-0.4, -0.2) is 23.5 Å². The third kappa shape index (κ3) is 4.26. The van der Waals surface area contributed by atoms with Gasteiger partial charge in [0.2, 0.25) is 0 Å². The Balaban J connectivity index is 2.65. The first-order chi connectivity index (χ1) is 9.25. The van der Waals surface area contributed by atoms with E-state index >= 15 is 0 Å². The first-order valence-electron chi connectivity index (χ1n) is 6.62. The van der Waals surface area contributed by atoms with Gasteiger partial charge in [0.15, 0.2) is 0 Å². The number of amides is 1. The maximum atomic E-state index is 12.0. The fourth-order valence-corrected chi connectivity index (χ4v) is 1.67. The van der Waals surface area contributed by atoms with E-state index in [1.54, 1.807) is 6.92 Å². The Morgan fingerprint density at radius 1 is 1.35 bits per heavy atom. The van der Waals surface area contributed by atoms with Gasteiger partial charge in [-0.05, 0) is 23.1 Å². The van der Waals surface area contributed by atoms with Crippen LogP contribution in [0.4, 0.5) is 0 Å². The number of nitrogens with one attached hydrogen (secondary N) is 1. The summed E-state index contributed by atoms with van der Waals surface area (Å²) in [5.74, 6) is -0.269. The maximum absolute atomic E-state index is 12.0. The number of hydrogen-bond acceptors (Lipinski definition) is 3. The first kappa shape index (κ1) is 16.0. The smallest absolute Gasteiger partial charge is 0.251 e. The normalized spacial score (nSPS) is 13.9. The molecule has 110 valence electrons. The van der Waals surface area contributed by atoms with Gasteiger partial charge in [-0.15, -0.1) is 0 Å². The molecular formula is C15H23N3O2. The number of nitrogens with two attached hydrogens (primary N) is 1. The van der Waals surface area contributed by atoms with Crippen LogP contribution in [0.1, 0.15) is 43.6 Å². The first-order valence-corrected chi connectivity index (χ1v) is 6.62. The van der Waals surface area contributed by atoms with Gasteiger partial charge in [-0.3, -0.25) is 4.79 Å². The van der Waals surface area contributed by atoms with Gasteiger partial charge < -0.3 is 16.3 Å². The summed E-state index contributed by atoms with van der Waals surface area (Å²) in [6, 6.07) is 7.54. The second kappa shape index (κ2) is 6.41. The maximum Gasteiger partial charge on any atom is 0.251 e. The molecule has 1 atom stereocenters. The molecule has 1 unspecified atom stereocenters. The molecule has 1 rings (SSSR count). The lowest BCUT2D eigenvalue weighted by Gasteiger charge is -2.19. The van der Waals surface area contributed by atoms with Crippen LogP contribution in [0.5, 0.6) is 0 Å². The van der Waals surface area contributed by atoms with E-state index in [2.05, 4.69) is 31.2 Å². The number of carbonyl (C=O) groups excluding carboxylic acids is 1. The fraction of sp³-hybridized carbons (Fsp3) is 0.467. The molecule has 0 aromatic heterocycles. The van der Waals surface area contributed by atoms with Gasteiger partial charge in [-0.25, -0.2) is 0 Å². The monoisotopic (exact) mass is 277 g/mol. The van der Waals surface area contributed by atoms with Crippen LogP contribution >= 0.6 is 0 Å². The van der Waals surface area contributed by atoms with Gasteiger partial charge in [0.05, 0.1) is 0 Å². The molecule has 5 heteroatoms. The Morgan fingerprint density at radius 2 is 1.90 bits per heavy atom. The molecule has 0 fully saturated rings. The largest absolute Gasteiger partial charge is 0.409 e. The SMILES string of the molecule is CC(CNC(=O)c1ccc(C(C)(C)C)cc1)C(N)=NO. The van der Waals surface area contributed by atoms with E-state index in [1.165, 1.54) is 5.56 Å². The summed E-state index contributed by atoms with van der Waals surface area (Å²) in [4.78, 5) is 12.0. The van der Waals surface area contributed by atoms with Crippen molar-refractivity contribution < 1.29 is 10.0 Å². The fourth-order valence-electron chi connectivity index (χ4n) is 1.67. The zero-order chi connectivity index (χ0) is 15.3. The van der Waals surface area contributed by atoms with Crippen molar-refractivity contribution in [1.82, 2.24) is 5.32 Å². The summed E-state index contributed by atoms with van der Waals surface area (Å²) in [6.07, 6.45) is 0. The van der Waals surface area contributed by atoms with Gasteiger partial charge in [0, 0.05) is 18.0 Å². The minimum absolute atomic E-state index is 0.0650. The molecule has 0 saturated heterocycles. The number of nitrogens with zero attached hydrogens (tertiary/aromatic N) is 1. The molecule has 0 saturated carbocycles. The third-order valence-electron chi connectivity index (χ3n) is 3.20. The van der Waals surface area contributed by atoms with Gasteiger partial charge in [-0.2, -0.15) is 0 Å². The molecular weight excluding hydrogens is 254 g/mol. The molecule has 0 aliphatic carbocycles. The van der Waals surface area contributed by atoms with Crippen molar-refractivity contribution in [3.63, 3.8) is 0 Å². The van der Waals surface area contributed by atoms with Gasteiger partial charge in [-0.1, -0.05) is 45.0 Å². The second-order valence-electron chi connectivity index (χ2n) is 5.96. The highest BCUT2D eigenvalue weighted by Crippen LogP contribution is 2.22. The van der Waals surface area contributed by atoms with Crippen LogP contribution in [-0.2, 0) is 5.41 Å². The van der Waals surface area contributed by atoms with Crippen LogP contribution in [0.15, 0.2) is 29.4 Å². The number of rotatable bonds is 4. The van der Waals surface area contributed by atoms with E-state index in [9.17, 15) is 4.79 Å². The molecule has 0 bridgehead atoms. The zero-order valence-electron chi connectivity index (χ0n) is 12.5. The third-order valence-corrected chi connectivity index (χ3v) is 3.20. The summed E-state index contributed by atoms with van der Waals surface area (Å²) in [5, 5.41) is 14.2. The highest BCUT2D eigenvalue weighted by atomic mass is 16.4. The lowest BCUT2D eigenvalue weighted by molar-refractivity contribution is 0.0951. The molecule has 0 aliphatic rings. The summed E-state index contributed by atoms with van der Waals surface area (Å²) >= 11 is 0. The van der Waals surface area contributed by atoms with Crippen molar-refractivity contribution in [3.8, 4) is 0 Å². The van der Waals surface area contributed by atoms with E-state index < -0.39 is 0 Å². The van der Waals surface area contributed by atoms with Crippen molar-refractivity contribution in [2.45, 2.75) is 33.1 Å². The Labute approximate surface area is 119 Å². The molecule has 0 radical (unpaired) electrons. The molecule has 4 N–H and O–H groups in total. The summed E-state index contributed by atoms with van der Waals surface area (Å²) in [6.45, 7) is 8.48. The predicted molar refractivity (Wildman–Crippen MR) is 80.0 cm³/mol. The van der Waals surface area contributed by atoms with Crippen LogP contribution in [0, 0.1) is 5.92 Å². The molecule has 1 aromatic carbocycles. The number of amidine groups is 1. The molecule has 0 heterocycles. The second-order valence-corrected chi connectivity index (χ2v) is 5.96. The Bertz CT molecular complexity index is 487. The molecule has 5 nitrogen and oxygen atoms in total. The summed E-state index contributed by atoms with van der Waals surface area (Å²) in [5.41, 5.74) is 7.30. The van der Waals surface area contributed by atoms with Crippen molar-refractivity contribution in [3.05, 3.63) is 35.4 Å². The van der Waals surface area contributed by atoms with E-state index in [-0.39, 0.29) is 23.1 Å². The van der Waals surface area contributed by atoms with Crippen LogP contribution < -0.4 is 11.1 Å². The van der Waals surface area contributed by atoms with Crippen LogP contribution in [0.3, 0.4) is 0 Å². The lowest BCUT2D eigenvalue weighted by Crippen LogP contribution is -2.34. The van der Waals surface area contributed by atoms with Crippen LogP contribution in [0.25, 0.3) is 0 Å². The topological polar surface area (TPSA) is 87.7 Å².